The summed E-state index contributed by atoms with van der Waals surface area (Å²) in [6, 6.07) is 6.19. The van der Waals surface area contributed by atoms with Crippen LogP contribution in [0.1, 0.15) is 18.9 Å². The Labute approximate surface area is 93.8 Å². The Bertz CT molecular complexity index is 387. The maximum absolute atomic E-state index is 10.8. The second kappa shape index (κ2) is 5.16. The van der Waals surface area contributed by atoms with E-state index < -0.39 is 12.0 Å². The predicted octanol–water partition coefficient (Wildman–Crippen LogP) is 1.25. The van der Waals surface area contributed by atoms with Crippen molar-refractivity contribution in [1.82, 2.24) is 0 Å². The lowest BCUT2D eigenvalue weighted by Crippen LogP contribution is -2.28. The molecule has 5 heteroatoms. The molecule has 0 spiro atoms. The lowest BCUT2D eigenvalue weighted by atomic mass is 10.1. The van der Waals surface area contributed by atoms with Gasteiger partial charge >= 0.3 is 5.97 Å². The van der Waals surface area contributed by atoms with Crippen molar-refractivity contribution < 1.29 is 9.90 Å². The van der Waals surface area contributed by atoms with Crippen LogP contribution < -0.4 is 11.1 Å². The van der Waals surface area contributed by atoms with Gasteiger partial charge in [-0.3, -0.25) is 5.41 Å². The minimum Gasteiger partial charge on any atom is -0.480 e. The number of anilines is 1. The lowest BCUT2D eigenvalue weighted by Gasteiger charge is -2.13. The zero-order chi connectivity index (χ0) is 12.1. The van der Waals surface area contributed by atoms with E-state index in [0.717, 1.165) is 0 Å². The molecule has 0 aliphatic heterocycles. The molecule has 86 valence electrons. The maximum atomic E-state index is 10.8. The van der Waals surface area contributed by atoms with Crippen molar-refractivity contribution in [2.75, 3.05) is 5.32 Å². The number of amidine groups is 1. The molecule has 0 saturated carbocycles. The minimum absolute atomic E-state index is 0.00294. The third-order valence-electron chi connectivity index (χ3n) is 2.24. The summed E-state index contributed by atoms with van der Waals surface area (Å²) in [5, 5.41) is 19.0. The molecule has 0 heterocycles. The number of carboxylic acid groups (broad SMARTS) is 1. The van der Waals surface area contributed by atoms with Gasteiger partial charge in [0.25, 0.3) is 0 Å². The molecule has 1 rings (SSSR count). The van der Waals surface area contributed by atoms with E-state index in [2.05, 4.69) is 5.32 Å². The van der Waals surface area contributed by atoms with Crippen molar-refractivity contribution in [3.63, 3.8) is 0 Å². The fraction of sp³-hybridized carbons (Fsp3) is 0.273. The summed E-state index contributed by atoms with van der Waals surface area (Å²) in [4.78, 5) is 10.8. The molecule has 1 aromatic rings. The number of nitrogens with one attached hydrogen (secondary N) is 2. The molecule has 0 unspecified atom stereocenters. The first kappa shape index (κ1) is 12.0. The van der Waals surface area contributed by atoms with E-state index in [0.29, 0.717) is 17.7 Å². The van der Waals surface area contributed by atoms with E-state index in [1.54, 1.807) is 31.2 Å². The molecule has 0 bridgehead atoms. The van der Waals surface area contributed by atoms with Gasteiger partial charge in [-0.1, -0.05) is 6.92 Å². The van der Waals surface area contributed by atoms with E-state index in [9.17, 15) is 4.79 Å². The number of hydrogen-bond donors (Lipinski definition) is 4. The van der Waals surface area contributed by atoms with Gasteiger partial charge in [0.1, 0.15) is 11.9 Å². The first-order valence-corrected chi connectivity index (χ1v) is 4.98. The SMILES string of the molecule is CC[C@@H](Nc1ccc(C(=N)N)cc1)C(=O)O. The molecule has 16 heavy (non-hydrogen) atoms. The predicted molar refractivity (Wildman–Crippen MR) is 62.8 cm³/mol. The van der Waals surface area contributed by atoms with E-state index in [4.69, 9.17) is 16.2 Å². The molecule has 0 saturated heterocycles. The van der Waals surface area contributed by atoms with Gasteiger partial charge < -0.3 is 16.2 Å². The highest BCUT2D eigenvalue weighted by Gasteiger charge is 2.13. The monoisotopic (exact) mass is 221 g/mol. The van der Waals surface area contributed by atoms with Gasteiger partial charge in [-0.25, -0.2) is 4.79 Å². The summed E-state index contributed by atoms with van der Waals surface area (Å²) >= 11 is 0. The Morgan fingerprint density at radius 2 is 2.06 bits per heavy atom. The molecule has 0 radical (unpaired) electrons. The van der Waals surface area contributed by atoms with E-state index >= 15 is 0 Å². The van der Waals surface area contributed by atoms with Crippen LogP contribution in [-0.4, -0.2) is 23.0 Å². The van der Waals surface area contributed by atoms with E-state index in [-0.39, 0.29) is 5.84 Å². The number of carboxylic acids is 1. The molecule has 0 fully saturated rings. The van der Waals surface area contributed by atoms with Crippen molar-refractivity contribution in [3.8, 4) is 0 Å². The molecule has 0 aromatic heterocycles. The summed E-state index contributed by atoms with van der Waals surface area (Å²) in [5.41, 5.74) is 6.64. The topological polar surface area (TPSA) is 99.2 Å². The van der Waals surface area contributed by atoms with Crippen LogP contribution in [0.25, 0.3) is 0 Å². The highest BCUT2D eigenvalue weighted by atomic mass is 16.4. The number of rotatable bonds is 5. The Morgan fingerprint density at radius 1 is 1.50 bits per heavy atom. The molecule has 0 aliphatic carbocycles. The van der Waals surface area contributed by atoms with E-state index in [1.165, 1.54) is 0 Å². The van der Waals surface area contributed by atoms with Crippen molar-refractivity contribution in [2.45, 2.75) is 19.4 Å². The fourth-order valence-electron chi connectivity index (χ4n) is 1.29. The molecular formula is C11H15N3O2. The summed E-state index contributed by atoms with van der Waals surface area (Å²) in [7, 11) is 0. The summed E-state index contributed by atoms with van der Waals surface area (Å²) < 4.78 is 0. The third-order valence-corrected chi connectivity index (χ3v) is 2.24. The molecular weight excluding hydrogens is 206 g/mol. The van der Waals surface area contributed by atoms with Crippen LogP contribution in [0.2, 0.25) is 0 Å². The first-order valence-electron chi connectivity index (χ1n) is 4.98. The third kappa shape index (κ3) is 2.98. The van der Waals surface area contributed by atoms with Gasteiger partial charge in [0.2, 0.25) is 0 Å². The van der Waals surface area contributed by atoms with Crippen LogP contribution in [0, 0.1) is 5.41 Å². The molecule has 5 nitrogen and oxygen atoms in total. The maximum Gasteiger partial charge on any atom is 0.326 e. The summed E-state index contributed by atoms with van der Waals surface area (Å²) in [6.45, 7) is 1.80. The molecule has 1 aromatic carbocycles. The van der Waals surface area contributed by atoms with Crippen molar-refractivity contribution in [1.29, 1.82) is 5.41 Å². The Morgan fingerprint density at radius 3 is 2.44 bits per heavy atom. The van der Waals surface area contributed by atoms with Crippen LogP contribution in [0.4, 0.5) is 5.69 Å². The number of nitrogen functional groups attached to an aromatic ring is 1. The number of carbonyl (C=O) groups is 1. The smallest absolute Gasteiger partial charge is 0.326 e. The number of benzene rings is 1. The standard InChI is InChI=1S/C11H15N3O2/c1-2-9(11(15)16)14-8-5-3-7(4-6-8)10(12)13/h3-6,9,14H,2H2,1H3,(H3,12,13)(H,15,16)/t9-/m1/s1. The van der Waals surface area contributed by atoms with E-state index in [1.807, 2.05) is 0 Å². The fourth-order valence-corrected chi connectivity index (χ4v) is 1.29. The molecule has 5 N–H and O–H groups in total. The highest BCUT2D eigenvalue weighted by molar-refractivity contribution is 5.95. The average Bonchev–Trinajstić information content (AvgIpc) is 2.26. The van der Waals surface area contributed by atoms with Crippen LogP contribution in [0.3, 0.4) is 0 Å². The van der Waals surface area contributed by atoms with Gasteiger partial charge in [0.15, 0.2) is 0 Å². The number of hydrogen-bond acceptors (Lipinski definition) is 3. The second-order valence-electron chi connectivity index (χ2n) is 3.43. The Hall–Kier alpha value is -2.04. The van der Waals surface area contributed by atoms with Gasteiger partial charge in [-0.15, -0.1) is 0 Å². The molecule has 1 atom stereocenters. The highest BCUT2D eigenvalue weighted by Crippen LogP contribution is 2.11. The van der Waals surface area contributed by atoms with Gasteiger partial charge in [-0.2, -0.15) is 0 Å². The molecule has 0 amide bonds. The van der Waals surface area contributed by atoms with Gasteiger partial charge in [0, 0.05) is 11.3 Å². The average molecular weight is 221 g/mol. The first-order chi connectivity index (χ1) is 7.54. The van der Waals surface area contributed by atoms with Gasteiger partial charge in [0.05, 0.1) is 0 Å². The van der Waals surface area contributed by atoms with Crippen molar-refractivity contribution >= 4 is 17.5 Å². The second-order valence-corrected chi connectivity index (χ2v) is 3.43. The largest absolute Gasteiger partial charge is 0.480 e. The quantitative estimate of drug-likeness (QED) is 0.444. The lowest BCUT2D eigenvalue weighted by molar-refractivity contribution is -0.137. The van der Waals surface area contributed by atoms with Crippen LogP contribution >= 0.6 is 0 Å². The number of aliphatic carboxylic acids is 1. The minimum atomic E-state index is -0.877. The van der Waals surface area contributed by atoms with Crippen molar-refractivity contribution in [3.05, 3.63) is 29.8 Å². The molecule has 0 aliphatic rings. The van der Waals surface area contributed by atoms with Crippen molar-refractivity contribution in [2.24, 2.45) is 5.73 Å². The normalized spacial score (nSPS) is 11.8. The van der Waals surface area contributed by atoms with Crippen LogP contribution in [0.15, 0.2) is 24.3 Å². The Balaban J connectivity index is 2.75. The number of nitrogens with two attached hydrogens (primary N) is 1. The zero-order valence-electron chi connectivity index (χ0n) is 9.03. The summed E-state index contributed by atoms with van der Waals surface area (Å²) in [6.07, 6.45) is 0.504. The van der Waals surface area contributed by atoms with Crippen LogP contribution in [0.5, 0.6) is 0 Å². The summed E-state index contributed by atoms with van der Waals surface area (Å²) in [5.74, 6) is -0.880. The zero-order valence-corrected chi connectivity index (χ0v) is 9.03. The Kier molecular flexibility index (Phi) is 3.88. The van der Waals surface area contributed by atoms with Crippen LogP contribution in [-0.2, 0) is 4.79 Å². The van der Waals surface area contributed by atoms with Gasteiger partial charge in [-0.05, 0) is 30.7 Å².